The van der Waals surface area contributed by atoms with Crippen LogP contribution in [-0.4, -0.2) is 33.3 Å². The summed E-state index contributed by atoms with van der Waals surface area (Å²) in [5.41, 5.74) is 5.18. The summed E-state index contributed by atoms with van der Waals surface area (Å²) in [6.07, 6.45) is 5.40. The van der Waals surface area contributed by atoms with Crippen molar-refractivity contribution in [2.24, 2.45) is 0 Å². The van der Waals surface area contributed by atoms with Crippen molar-refractivity contribution in [1.29, 1.82) is 0 Å². The lowest BCUT2D eigenvalue weighted by Gasteiger charge is -2.20. The first-order chi connectivity index (χ1) is 12.5. The minimum atomic E-state index is -0.0847. The minimum absolute atomic E-state index is 0.0847. The molecule has 0 saturated heterocycles. The summed E-state index contributed by atoms with van der Waals surface area (Å²) < 4.78 is 1.88. The molecule has 0 bridgehead atoms. The van der Waals surface area contributed by atoms with Gasteiger partial charge in [-0.2, -0.15) is 0 Å². The number of amides is 1. The molecule has 0 aliphatic carbocycles. The number of imidazole rings is 1. The predicted molar refractivity (Wildman–Crippen MR) is 106 cm³/mol. The Morgan fingerprint density at radius 1 is 1.04 bits per heavy atom. The van der Waals surface area contributed by atoms with E-state index in [1.54, 1.807) is 17.1 Å². The zero-order valence-electron chi connectivity index (χ0n) is 15.3. The van der Waals surface area contributed by atoms with E-state index in [0.29, 0.717) is 24.5 Å². The third kappa shape index (κ3) is 3.31. The number of aryl methyl sites for hydroxylation is 2. The highest BCUT2D eigenvalue weighted by Gasteiger charge is 2.24. The Bertz CT molecular complexity index is 957. The van der Waals surface area contributed by atoms with Gasteiger partial charge in [0.25, 0.3) is 5.91 Å². The first-order valence-corrected chi connectivity index (χ1v) is 8.62. The van der Waals surface area contributed by atoms with E-state index in [2.05, 4.69) is 13.2 Å². The largest absolute Gasteiger partial charge is 0.330 e. The van der Waals surface area contributed by atoms with E-state index in [9.17, 15) is 4.79 Å². The van der Waals surface area contributed by atoms with E-state index in [1.165, 1.54) is 5.56 Å². The number of hydrogen-bond donors (Lipinski definition) is 0. The van der Waals surface area contributed by atoms with Crippen molar-refractivity contribution in [3.63, 3.8) is 0 Å². The molecular formula is C22H23N3O. The van der Waals surface area contributed by atoms with Crippen LogP contribution in [0.15, 0.2) is 67.9 Å². The molecular weight excluding hydrogens is 322 g/mol. The molecule has 0 fully saturated rings. The number of benzene rings is 1. The SMILES string of the molecule is C=CCN(CC=C)C(=O)c1c(-c2ccc(C)cc2)nc2ccc(C)cn12. The van der Waals surface area contributed by atoms with Gasteiger partial charge in [0.2, 0.25) is 0 Å². The van der Waals surface area contributed by atoms with Crippen LogP contribution in [-0.2, 0) is 0 Å². The number of carbonyl (C=O) groups excluding carboxylic acids is 1. The van der Waals surface area contributed by atoms with Gasteiger partial charge < -0.3 is 4.90 Å². The quantitative estimate of drug-likeness (QED) is 0.620. The van der Waals surface area contributed by atoms with Crippen molar-refractivity contribution in [2.75, 3.05) is 13.1 Å². The van der Waals surface area contributed by atoms with Crippen LogP contribution in [0.4, 0.5) is 0 Å². The van der Waals surface area contributed by atoms with E-state index < -0.39 is 0 Å². The fourth-order valence-electron chi connectivity index (χ4n) is 2.97. The molecule has 0 radical (unpaired) electrons. The first kappa shape index (κ1) is 17.7. The van der Waals surface area contributed by atoms with Crippen LogP contribution in [0.2, 0.25) is 0 Å². The molecule has 2 aromatic heterocycles. The van der Waals surface area contributed by atoms with Gasteiger partial charge in [-0.25, -0.2) is 4.98 Å². The molecule has 0 aliphatic rings. The molecule has 1 aromatic carbocycles. The summed E-state index contributed by atoms with van der Waals surface area (Å²) >= 11 is 0. The zero-order chi connectivity index (χ0) is 18.7. The van der Waals surface area contributed by atoms with Gasteiger partial charge in [-0.1, -0.05) is 48.0 Å². The Morgan fingerprint density at radius 2 is 1.65 bits per heavy atom. The Balaban J connectivity index is 2.23. The summed E-state index contributed by atoms with van der Waals surface area (Å²) in [5.74, 6) is -0.0847. The van der Waals surface area contributed by atoms with Crippen molar-refractivity contribution in [1.82, 2.24) is 14.3 Å². The van der Waals surface area contributed by atoms with Crippen LogP contribution in [0.5, 0.6) is 0 Å². The van der Waals surface area contributed by atoms with Crippen molar-refractivity contribution in [3.8, 4) is 11.3 Å². The fraction of sp³-hybridized carbons (Fsp3) is 0.182. The highest BCUT2D eigenvalue weighted by atomic mass is 16.2. The average Bonchev–Trinajstić information content (AvgIpc) is 3.00. The molecule has 0 aliphatic heterocycles. The summed E-state index contributed by atoms with van der Waals surface area (Å²) in [7, 11) is 0. The highest BCUT2D eigenvalue weighted by molar-refractivity contribution is 6.00. The van der Waals surface area contributed by atoms with Crippen LogP contribution in [0.1, 0.15) is 21.6 Å². The molecule has 26 heavy (non-hydrogen) atoms. The third-order valence-electron chi connectivity index (χ3n) is 4.28. The number of pyridine rings is 1. The average molecular weight is 345 g/mol. The summed E-state index contributed by atoms with van der Waals surface area (Å²) in [5, 5.41) is 0. The molecule has 0 unspecified atom stereocenters. The van der Waals surface area contributed by atoms with Gasteiger partial charge >= 0.3 is 0 Å². The van der Waals surface area contributed by atoms with Gasteiger partial charge in [-0.15, -0.1) is 13.2 Å². The molecule has 3 rings (SSSR count). The lowest BCUT2D eigenvalue weighted by atomic mass is 10.1. The van der Waals surface area contributed by atoms with Gasteiger partial charge in [-0.3, -0.25) is 9.20 Å². The maximum absolute atomic E-state index is 13.3. The molecule has 132 valence electrons. The maximum atomic E-state index is 13.3. The van der Waals surface area contributed by atoms with Gasteiger partial charge in [0.05, 0.1) is 0 Å². The second-order valence-electron chi connectivity index (χ2n) is 6.40. The van der Waals surface area contributed by atoms with Crippen LogP contribution in [0.3, 0.4) is 0 Å². The predicted octanol–water partition coefficient (Wildman–Crippen LogP) is 4.43. The van der Waals surface area contributed by atoms with Crippen molar-refractivity contribution in [2.45, 2.75) is 13.8 Å². The van der Waals surface area contributed by atoms with Crippen LogP contribution >= 0.6 is 0 Å². The van der Waals surface area contributed by atoms with Crippen molar-refractivity contribution < 1.29 is 4.79 Å². The topological polar surface area (TPSA) is 37.6 Å². The van der Waals surface area contributed by atoms with Gasteiger partial charge in [0.15, 0.2) is 0 Å². The molecule has 4 heteroatoms. The van der Waals surface area contributed by atoms with Crippen LogP contribution in [0.25, 0.3) is 16.9 Å². The molecule has 0 spiro atoms. The lowest BCUT2D eigenvalue weighted by Crippen LogP contribution is -2.32. The number of rotatable bonds is 6. The number of carbonyl (C=O) groups is 1. The van der Waals surface area contributed by atoms with Crippen LogP contribution < -0.4 is 0 Å². The Morgan fingerprint density at radius 3 is 2.27 bits per heavy atom. The first-order valence-electron chi connectivity index (χ1n) is 8.62. The normalized spacial score (nSPS) is 10.7. The molecule has 0 atom stereocenters. The van der Waals surface area contributed by atoms with Crippen LogP contribution in [0, 0.1) is 13.8 Å². The van der Waals surface area contributed by atoms with Gasteiger partial charge in [-0.05, 0) is 25.5 Å². The van der Waals surface area contributed by atoms with E-state index in [1.807, 2.05) is 60.8 Å². The molecule has 3 aromatic rings. The monoisotopic (exact) mass is 345 g/mol. The van der Waals surface area contributed by atoms with Crippen molar-refractivity contribution in [3.05, 3.63) is 84.7 Å². The number of aromatic nitrogens is 2. The van der Waals surface area contributed by atoms with Crippen molar-refractivity contribution >= 4 is 11.6 Å². The molecule has 0 saturated carbocycles. The lowest BCUT2D eigenvalue weighted by molar-refractivity contribution is 0.0785. The molecule has 1 amide bonds. The van der Waals surface area contributed by atoms with E-state index in [0.717, 1.165) is 16.8 Å². The number of nitrogens with zero attached hydrogens (tertiary/aromatic N) is 3. The number of fused-ring (bicyclic) bond motifs is 1. The summed E-state index contributed by atoms with van der Waals surface area (Å²) in [6, 6.07) is 12.0. The van der Waals surface area contributed by atoms with E-state index in [4.69, 9.17) is 4.98 Å². The zero-order valence-corrected chi connectivity index (χ0v) is 15.3. The second-order valence-corrected chi connectivity index (χ2v) is 6.40. The standard InChI is InChI=1S/C22H23N3O/c1-5-13-24(14-6-2)22(26)21-20(18-10-7-16(3)8-11-18)23-19-12-9-17(4)15-25(19)21/h5-12,15H,1-2,13-14H2,3-4H3. The highest BCUT2D eigenvalue weighted by Crippen LogP contribution is 2.26. The maximum Gasteiger partial charge on any atom is 0.273 e. The molecule has 0 N–H and O–H groups in total. The Hall–Kier alpha value is -3.14. The summed E-state index contributed by atoms with van der Waals surface area (Å²) in [6.45, 7) is 12.5. The van der Waals surface area contributed by atoms with Gasteiger partial charge in [0.1, 0.15) is 17.0 Å². The van der Waals surface area contributed by atoms with E-state index in [-0.39, 0.29) is 5.91 Å². The summed E-state index contributed by atoms with van der Waals surface area (Å²) in [4.78, 5) is 19.8. The fourth-order valence-corrected chi connectivity index (χ4v) is 2.97. The number of hydrogen-bond acceptors (Lipinski definition) is 2. The molecule has 4 nitrogen and oxygen atoms in total. The van der Waals surface area contributed by atoms with E-state index >= 15 is 0 Å². The van der Waals surface area contributed by atoms with Gasteiger partial charge in [0, 0.05) is 24.8 Å². The Labute approximate surface area is 154 Å². The smallest absolute Gasteiger partial charge is 0.273 e. The Kier molecular flexibility index (Phi) is 5.03. The third-order valence-corrected chi connectivity index (χ3v) is 4.28. The minimum Gasteiger partial charge on any atom is -0.330 e. The molecule has 2 heterocycles. The second kappa shape index (κ2) is 7.40.